The second-order valence-electron chi connectivity index (χ2n) is 18.8. The second-order valence-corrected chi connectivity index (χ2v) is 19.6. The van der Waals surface area contributed by atoms with Crippen LogP contribution in [0.1, 0.15) is 94.4 Å². The van der Waals surface area contributed by atoms with E-state index in [2.05, 4.69) is 15.3 Å². The number of nitrogens with two attached hydrogens (primary N) is 1. The number of fused-ring (bicyclic) bond motifs is 2. The highest BCUT2D eigenvalue weighted by Gasteiger charge is 2.47. The lowest BCUT2D eigenvalue weighted by molar-refractivity contribution is -0.140. The Kier molecular flexibility index (Phi) is 17.1. The number of Topliss-reactive ketones (excluding diaryl/α,β-unsaturated/α-hetero) is 2. The molecule has 4 aromatic carbocycles. The van der Waals surface area contributed by atoms with E-state index in [4.69, 9.17) is 43.1 Å². The molecule has 2 saturated carbocycles. The van der Waals surface area contributed by atoms with Crippen molar-refractivity contribution in [3.63, 3.8) is 0 Å². The summed E-state index contributed by atoms with van der Waals surface area (Å²) in [4.78, 5) is 71.2. The zero-order valence-corrected chi connectivity index (χ0v) is 40.6. The molecule has 2 aliphatic carbocycles. The number of hydrogen-bond acceptors (Lipinski definition) is 11. The summed E-state index contributed by atoms with van der Waals surface area (Å²) in [5, 5.41) is 7.04. The van der Waals surface area contributed by atoms with Gasteiger partial charge in [-0.25, -0.2) is 4.79 Å². The van der Waals surface area contributed by atoms with Gasteiger partial charge in [-0.2, -0.15) is 0 Å². The van der Waals surface area contributed by atoms with Crippen LogP contribution in [-0.4, -0.2) is 63.6 Å². The number of nitrogens with one attached hydrogen (secondary N) is 1. The molecule has 1 amide bonds. The van der Waals surface area contributed by atoms with E-state index in [1.807, 2.05) is 80.7 Å². The average molecular weight is 962 g/mol. The van der Waals surface area contributed by atoms with Crippen LogP contribution >= 0.6 is 23.2 Å². The third kappa shape index (κ3) is 14.4. The number of carbonyl (C=O) groups excluding carboxylic acids is 5. The zero-order valence-electron chi connectivity index (χ0n) is 39.1. The summed E-state index contributed by atoms with van der Waals surface area (Å²) >= 11 is 9.53. The minimum Gasteiger partial charge on any atom is -0.444 e. The van der Waals surface area contributed by atoms with Crippen LogP contribution in [0.4, 0.5) is 4.79 Å². The van der Waals surface area contributed by atoms with Crippen molar-refractivity contribution >= 4 is 74.3 Å². The first-order valence-corrected chi connectivity index (χ1v) is 23.6. The van der Waals surface area contributed by atoms with E-state index in [-0.39, 0.29) is 59.2 Å². The summed E-state index contributed by atoms with van der Waals surface area (Å²) in [5.41, 5.74) is 7.95. The number of hydrogen-bond donors (Lipinski definition) is 2. The molecule has 14 heteroatoms. The van der Waals surface area contributed by atoms with Gasteiger partial charge in [-0.3, -0.25) is 29.1 Å². The molecule has 0 spiro atoms. The van der Waals surface area contributed by atoms with Crippen molar-refractivity contribution < 1.29 is 38.2 Å². The molecule has 0 bridgehead atoms. The largest absolute Gasteiger partial charge is 0.444 e. The molecule has 3 N–H and O–H groups in total. The van der Waals surface area contributed by atoms with Crippen LogP contribution in [0.25, 0.3) is 21.5 Å². The Morgan fingerprint density at radius 2 is 1.04 bits per heavy atom. The molecule has 2 heterocycles. The van der Waals surface area contributed by atoms with Crippen molar-refractivity contribution in [2.24, 2.45) is 16.6 Å². The number of carbonyl (C=O) groups is 5. The first-order chi connectivity index (χ1) is 32.4. The van der Waals surface area contributed by atoms with Gasteiger partial charge in [0.2, 0.25) is 0 Å². The lowest BCUT2D eigenvalue weighted by Crippen LogP contribution is -2.36. The minimum atomic E-state index is -0.646. The Hall–Kier alpha value is -6.21. The fraction of sp³-hybridized carbons (Fsp3) is 0.352. The van der Waals surface area contributed by atoms with Crippen molar-refractivity contribution in [3.05, 3.63) is 144 Å². The van der Waals surface area contributed by atoms with Gasteiger partial charge in [0, 0.05) is 61.5 Å². The van der Waals surface area contributed by atoms with Gasteiger partial charge in [-0.1, -0.05) is 60.7 Å². The van der Waals surface area contributed by atoms with Gasteiger partial charge in [0.1, 0.15) is 28.7 Å². The van der Waals surface area contributed by atoms with E-state index in [9.17, 15) is 24.0 Å². The highest BCUT2D eigenvalue weighted by molar-refractivity contribution is 6.40. The van der Waals surface area contributed by atoms with Gasteiger partial charge >= 0.3 is 18.0 Å². The molecule has 12 nitrogen and oxygen atoms in total. The third-order valence-corrected chi connectivity index (χ3v) is 12.0. The molecular weight excluding hydrogens is 904 g/mol. The number of halogens is 2. The highest BCUT2D eigenvalue weighted by Crippen LogP contribution is 2.47. The molecule has 2 unspecified atom stereocenters. The average Bonchev–Trinajstić information content (AvgIpc) is 4.25. The van der Waals surface area contributed by atoms with E-state index >= 15 is 0 Å². The topological polar surface area (TPSA) is 177 Å². The quantitative estimate of drug-likeness (QED) is 0.0569. The molecule has 8 rings (SSSR count). The number of nitrogens with zero attached hydrogens (tertiary/aromatic N) is 2. The van der Waals surface area contributed by atoms with Gasteiger partial charge in [0.25, 0.3) is 0 Å². The first-order valence-electron chi connectivity index (χ1n) is 22.6. The molecular formula is C54H58Cl2N4O8. The molecule has 2 aromatic heterocycles. The number of aromatic nitrogens is 2. The fourth-order valence-electron chi connectivity index (χ4n) is 7.28. The number of amides is 1. The molecule has 0 aliphatic heterocycles. The van der Waals surface area contributed by atoms with E-state index in [0.717, 1.165) is 69.5 Å². The maximum Gasteiger partial charge on any atom is 0.407 e. The molecule has 6 aromatic rings. The summed E-state index contributed by atoms with van der Waals surface area (Å²) in [7, 11) is 0. The monoisotopic (exact) mass is 960 g/mol. The molecule has 2 fully saturated rings. The number of pyridine rings is 2. The summed E-state index contributed by atoms with van der Waals surface area (Å²) < 4.78 is 16.3. The van der Waals surface area contributed by atoms with Crippen molar-refractivity contribution in [2.45, 2.75) is 90.6 Å². The minimum absolute atomic E-state index is 0.0466. The zero-order chi connectivity index (χ0) is 49.1. The summed E-state index contributed by atoms with van der Waals surface area (Å²) in [6.07, 6.45) is 10.4. The highest BCUT2D eigenvalue weighted by atomic mass is 35.5. The van der Waals surface area contributed by atoms with Crippen molar-refractivity contribution in [1.29, 1.82) is 0 Å². The maximum absolute atomic E-state index is 13.5. The van der Waals surface area contributed by atoms with Gasteiger partial charge in [0.05, 0.1) is 28.0 Å². The number of esters is 2. The molecule has 68 heavy (non-hydrogen) atoms. The first kappa shape index (κ1) is 51.2. The molecule has 2 aliphatic rings. The lowest BCUT2D eigenvalue weighted by atomic mass is 9.90. The van der Waals surface area contributed by atoms with E-state index < -0.39 is 23.5 Å². The Morgan fingerprint density at radius 3 is 1.44 bits per heavy atom. The summed E-state index contributed by atoms with van der Waals surface area (Å²) in [6, 6.07) is 29.7. The third-order valence-electron chi connectivity index (χ3n) is 12.0. The predicted octanol–water partition coefficient (Wildman–Crippen LogP) is 10.6. The molecule has 356 valence electrons. The van der Waals surface area contributed by atoms with Gasteiger partial charge in [-0.15, -0.1) is 23.2 Å². The van der Waals surface area contributed by atoms with E-state index in [1.54, 1.807) is 75.8 Å². The van der Waals surface area contributed by atoms with Crippen LogP contribution in [0.5, 0.6) is 11.5 Å². The lowest BCUT2D eigenvalue weighted by Gasteiger charge is -2.22. The maximum atomic E-state index is 13.5. The number of ether oxygens (including phenoxy) is 3. The Bertz CT molecular complexity index is 2730. The second kappa shape index (κ2) is 22.7. The number of alkyl halides is 2. The molecule has 0 radical (unpaired) electrons. The predicted molar refractivity (Wildman–Crippen MR) is 265 cm³/mol. The Morgan fingerprint density at radius 1 is 0.632 bits per heavy atom. The van der Waals surface area contributed by atoms with Gasteiger partial charge in [-0.05, 0) is 130 Å². The van der Waals surface area contributed by atoms with Crippen LogP contribution in [0.2, 0.25) is 0 Å². The number of benzene rings is 4. The van der Waals surface area contributed by atoms with Crippen LogP contribution in [0.15, 0.2) is 122 Å². The molecule has 2 atom stereocenters. The Labute approximate surface area is 407 Å². The van der Waals surface area contributed by atoms with E-state index in [0.29, 0.717) is 17.9 Å². The number of alkyl carbamates (subject to hydrolysis) is 1. The normalized spacial score (nSPS) is 14.9. The standard InChI is InChI=1S/C29H32N2O5.C24H24N2O3.CH2Cl2/c1-28(2,3)36-27(34)31-18-24(20-7-9-23(10-8-20)35-26(33)29(4)12-13-29)25(32)16-19-5-6-22-17-30-14-11-21(22)15-19;1-24(9-10-24)23(28)29-20-6-4-17(5-7-20)21(14-25)22(27)13-16-2-3-19-15-26-11-8-18(19)12-16;2-1-3/h5-11,14-15,17,24H,12-13,16,18H2,1-4H3,(H,31,34);2-8,11-12,15,21H,9-10,13-14,25H2,1H3;1H2. The van der Waals surface area contributed by atoms with E-state index in [1.165, 1.54) is 0 Å². The smallest absolute Gasteiger partial charge is 0.407 e. The summed E-state index contributed by atoms with van der Waals surface area (Å²) in [5.74, 6) is -0.468. The Balaban J connectivity index is 0.000000216. The summed E-state index contributed by atoms with van der Waals surface area (Å²) in [6.45, 7) is 9.47. The van der Waals surface area contributed by atoms with Crippen LogP contribution < -0.4 is 20.5 Å². The number of rotatable bonds is 15. The molecule has 0 saturated heterocycles. The van der Waals surface area contributed by atoms with Crippen molar-refractivity contribution in [2.75, 3.05) is 18.4 Å². The number of ketones is 2. The SMILES string of the molecule is CC(C)(C)OC(=O)NCC(C(=O)Cc1ccc2cnccc2c1)c1ccc(OC(=O)C2(C)CC2)cc1.CC1(C(=O)Oc2ccc(C(CN)C(=O)Cc3ccc4cnccc4c3)cc2)CC1.ClCCl. The van der Waals surface area contributed by atoms with Crippen LogP contribution in [-0.2, 0) is 36.8 Å². The van der Waals surface area contributed by atoms with Gasteiger partial charge in [0.15, 0.2) is 0 Å². The van der Waals surface area contributed by atoms with Crippen molar-refractivity contribution in [3.8, 4) is 11.5 Å². The van der Waals surface area contributed by atoms with Crippen LogP contribution in [0.3, 0.4) is 0 Å². The van der Waals surface area contributed by atoms with Gasteiger partial charge < -0.3 is 25.3 Å². The fourth-order valence-corrected chi connectivity index (χ4v) is 7.28. The van der Waals surface area contributed by atoms with Crippen LogP contribution in [0, 0.1) is 10.8 Å². The van der Waals surface area contributed by atoms with Crippen molar-refractivity contribution in [1.82, 2.24) is 15.3 Å².